The molecule has 134 valence electrons. The van der Waals surface area contributed by atoms with Crippen LogP contribution in [0.3, 0.4) is 0 Å². The number of carboxylic acid groups (broad SMARTS) is 1. The van der Waals surface area contributed by atoms with E-state index in [-0.39, 0.29) is 17.9 Å². The summed E-state index contributed by atoms with van der Waals surface area (Å²) in [7, 11) is 1.86. The largest absolute Gasteiger partial charge is 0.480 e. The fourth-order valence-electron chi connectivity index (χ4n) is 3.09. The molecule has 0 saturated heterocycles. The maximum absolute atomic E-state index is 10.9. The molecule has 0 aliphatic heterocycles. The van der Waals surface area contributed by atoms with Crippen molar-refractivity contribution < 1.29 is 9.90 Å². The molecule has 2 aromatic rings. The van der Waals surface area contributed by atoms with Gasteiger partial charge in [-0.15, -0.1) is 0 Å². The topological polar surface area (TPSA) is 40.5 Å². The van der Waals surface area contributed by atoms with Crippen LogP contribution in [0.5, 0.6) is 0 Å². The molecule has 2 rings (SSSR count). The zero-order chi connectivity index (χ0) is 18.4. The Labute approximate surface area is 151 Å². The van der Waals surface area contributed by atoms with E-state index in [0.717, 1.165) is 13.0 Å². The highest BCUT2D eigenvalue weighted by molar-refractivity contribution is 5.69. The Kier molecular flexibility index (Phi) is 6.38. The molecule has 0 aliphatic carbocycles. The second kappa shape index (κ2) is 8.30. The first kappa shape index (κ1) is 19.2. The molecule has 0 heterocycles. The first-order valence-corrected chi connectivity index (χ1v) is 8.83. The number of carboxylic acids is 1. The minimum atomic E-state index is -0.784. The quantitative estimate of drug-likeness (QED) is 0.806. The Morgan fingerprint density at radius 1 is 1.00 bits per heavy atom. The van der Waals surface area contributed by atoms with E-state index < -0.39 is 5.97 Å². The molecule has 3 heteroatoms. The van der Waals surface area contributed by atoms with Gasteiger partial charge in [0.2, 0.25) is 0 Å². The van der Waals surface area contributed by atoms with Gasteiger partial charge in [0.25, 0.3) is 0 Å². The van der Waals surface area contributed by atoms with Crippen molar-refractivity contribution in [2.24, 2.45) is 0 Å². The van der Waals surface area contributed by atoms with Gasteiger partial charge in [-0.25, -0.2) is 0 Å². The predicted octanol–water partition coefficient (Wildman–Crippen LogP) is 4.52. The van der Waals surface area contributed by atoms with Crippen LogP contribution in [0.2, 0.25) is 0 Å². The van der Waals surface area contributed by atoms with Crippen LogP contribution in [-0.2, 0) is 10.2 Å². The second-order valence-corrected chi connectivity index (χ2v) is 7.76. The van der Waals surface area contributed by atoms with Crippen LogP contribution < -0.4 is 0 Å². The lowest BCUT2D eigenvalue weighted by Gasteiger charge is -2.23. The van der Waals surface area contributed by atoms with Crippen molar-refractivity contribution in [2.45, 2.75) is 38.5 Å². The van der Waals surface area contributed by atoms with Crippen molar-refractivity contribution in [3.05, 3.63) is 71.3 Å². The Morgan fingerprint density at radius 3 is 2.08 bits per heavy atom. The molecule has 1 N–H and O–H groups in total. The van der Waals surface area contributed by atoms with Crippen LogP contribution in [0.15, 0.2) is 54.6 Å². The first-order valence-electron chi connectivity index (χ1n) is 8.83. The third-order valence-electron chi connectivity index (χ3n) is 4.59. The SMILES string of the molecule is CN(CCC(c1ccccc1)c1ccc(C(C)(C)C)cc1)CC(=O)O. The van der Waals surface area contributed by atoms with Crippen LogP contribution in [-0.4, -0.2) is 36.1 Å². The van der Waals surface area contributed by atoms with E-state index in [0.29, 0.717) is 0 Å². The van der Waals surface area contributed by atoms with Gasteiger partial charge in [0, 0.05) is 5.92 Å². The maximum Gasteiger partial charge on any atom is 0.317 e. The maximum atomic E-state index is 10.9. The van der Waals surface area contributed by atoms with Gasteiger partial charge in [-0.1, -0.05) is 75.4 Å². The molecule has 0 radical (unpaired) electrons. The van der Waals surface area contributed by atoms with Crippen molar-refractivity contribution in [3.8, 4) is 0 Å². The number of hydrogen-bond acceptors (Lipinski definition) is 2. The van der Waals surface area contributed by atoms with E-state index >= 15 is 0 Å². The number of nitrogens with zero attached hydrogens (tertiary/aromatic N) is 1. The third kappa shape index (κ3) is 5.71. The van der Waals surface area contributed by atoms with Gasteiger partial charge in [-0.3, -0.25) is 9.69 Å². The molecular formula is C22H29NO2. The molecule has 0 aromatic heterocycles. The van der Waals surface area contributed by atoms with Crippen LogP contribution in [0.25, 0.3) is 0 Å². The van der Waals surface area contributed by atoms with Gasteiger partial charge < -0.3 is 5.11 Å². The summed E-state index contributed by atoms with van der Waals surface area (Å²) in [5.74, 6) is -0.514. The summed E-state index contributed by atoms with van der Waals surface area (Å²) in [6, 6.07) is 19.3. The van der Waals surface area contributed by atoms with E-state index in [2.05, 4.69) is 69.3 Å². The lowest BCUT2D eigenvalue weighted by molar-refractivity contribution is -0.137. The number of aliphatic carboxylic acids is 1. The minimum Gasteiger partial charge on any atom is -0.480 e. The molecule has 0 spiro atoms. The van der Waals surface area contributed by atoms with Gasteiger partial charge in [0.05, 0.1) is 6.54 Å². The fourth-order valence-corrected chi connectivity index (χ4v) is 3.09. The minimum absolute atomic E-state index is 0.0739. The molecule has 1 unspecified atom stereocenters. The van der Waals surface area contributed by atoms with Crippen LogP contribution in [0, 0.1) is 0 Å². The Hall–Kier alpha value is -2.13. The molecule has 0 saturated carbocycles. The lowest BCUT2D eigenvalue weighted by atomic mass is 9.83. The zero-order valence-corrected chi connectivity index (χ0v) is 15.7. The summed E-state index contributed by atoms with van der Waals surface area (Å²) < 4.78 is 0. The summed E-state index contributed by atoms with van der Waals surface area (Å²) in [4.78, 5) is 12.7. The van der Waals surface area contributed by atoms with Gasteiger partial charge >= 0.3 is 5.97 Å². The van der Waals surface area contributed by atoms with Crippen LogP contribution in [0.1, 0.15) is 49.8 Å². The highest BCUT2D eigenvalue weighted by Crippen LogP contribution is 2.30. The van der Waals surface area contributed by atoms with Crippen LogP contribution >= 0.6 is 0 Å². The smallest absolute Gasteiger partial charge is 0.317 e. The van der Waals surface area contributed by atoms with Crippen molar-refractivity contribution >= 4 is 5.97 Å². The van der Waals surface area contributed by atoms with E-state index in [9.17, 15) is 4.79 Å². The number of benzene rings is 2. The van der Waals surface area contributed by atoms with Crippen molar-refractivity contribution in [3.63, 3.8) is 0 Å². The summed E-state index contributed by atoms with van der Waals surface area (Å²) >= 11 is 0. The summed E-state index contributed by atoms with van der Waals surface area (Å²) in [6.45, 7) is 7.48. The van der Waals surface area contributed by atoms with Gasteiger partial charge in [0.1, 0.15) is 0 Å². The first-order chi connectivity index (χ1) is 11.8. The molecule has 0 amide bonds. The summed E-state index contributed by atoms with van der Waals surface area (Å²) in [5.41, 5.74) is 4.02. The Balaban J connectivity index is 2.21. The Morgan fingerprint density at radius 2 is 1.56 bits per heavy atom. The van der Waals surface area contributed by atoms with E-state index in [1.165, 1.54) is 16.7 Å². The molecule has 25 heavy (non-hydrogen) atoms. The molecule has 3 nitrogen and oxygen atoms in total. The van der Waals surface area contributed by atoms with E-state index in [1.54, 1.807) is 0 Å². The number of likely N-dealkylation sites (N-methyl/N-ethyl adjacent to an activating group) is 1. The van der Waals surface area contributed by atoms with Gasteiger partial charge in [-0.05, 0) is 42.1 Å². The Bertz CT molecular complexity index is 671. The van der Waals surface area contributed by atoms with Crippen molar-refractivity contribution in [1.29, 1.82) is 0 Å². The van der Waals surface area contributed by atoms with Gasteiger partial charge in [-0.2, -0.15) is 0 Å². The number of carbonyl (C=O) groups is 1. The molecule has 0 aliphatic rings. The summed E-state index contributed by atoms with van der Waals surface area (Å²) in [5, 5.41) is 8.95. The van der Waals surface area contributed by atoms with E-state index in [1.807, 2.05) is 18.0 Å². The number of rotatable bonds is 7. The molecule has 0 bridgehead atoms. The standard InChI is InChI=1S/C22H29NO2/c1-22(2,3)19-12-10-18(11-13-19)20(17-8-6-5-7-9-17)14-15-23(4)16-21(24)25/h5-13,20H,14-16H2,1-4H3,(H,24,25). The van der Waals surface area contributed by atoms with Crippen LogP contribution in [0.4, 0.5) is 0 Å². The van der Waals surface area contributed by atoms with Crippen molar-refractivity contribution in [2.75, 3.05) is 20.1 Å². The third-order valence-corrected chi connectivity index (χ3v) is 4.59. The highest BCUT2D eigenvalue weighted by atomic mass is 16.4. The molecule has 0 fully saturated rings. The second-order valence-electron chi connectivity index (χ2n) is 7.76. The molecule has 1 atom stereocenters. The lowest BCUT2D eigenvalue weighted by Crippen LogP contribution is -2.27. The van der Waals surface area contributed by atoms with Gasteiger partial charge in [0.15, 0.2) is 0 Å². The fraction of sp³-hybridized carbons (Fsp3) is 0.409. The van der Waals surface area contributed by atoms with E-state index in [4.69, 9.17) is 5.11 Å². The summed E-state index contributed by atoms with van der Waals surface area (Å²) in [6.07, 6.45) is 0.892. The molecule has 2 aromatic carbocycles. The molecular weight excluding hydrogens is 310 g/mol. The highest BCUT2D eigenvalue weighted by Gasteiger charge is 2.18. The average molecular weight is 339 g/mol. The predicted molar refractivity (Wildman–Crippen MR) is 103 cm³/mol. The zero-order valence-electron chi connectivity index (χ0n) is 15.7. The van der Waals surface area contributed by atoms with Crippen molar-refractivity contribution in [1.82, 2.24) is 4.90 Å². The average Bonchev–Trinajstić information content (AvgIpc) is 2.55. The monoisotopic (exact) mass is 339 g/mol. The number of hydrogen-bond donors (Lipinski definition) is 1. The normalized spacial score (nSPS) is 13.0.